The number of rotatable bonds is 12. The van der Waals surface area contributed by atoms with Gasteiger partial charge in [0.05, 0.1) is 19.8 Å². The van der Waals surface area contributed by atoms with Crippen LogP contribution in [0, 0.1) is 6.92 Å². The summed E-state index contributed by atoms with van der Waals surface area (Å²) in [6.07, 6.45) is 0.496. The number of hydrogen-bond acceptors (Lipinski definition) is 5. The first-order valence-electron chi connectivity index (χ1n) is 5.86. The second-order valence-corrected chi connectivity index (χ2v) is 3.56. The van der Waals surface area contributed by atoms with Crippen LogP contribution < -0.4 is 5.32 Å². The number of ether oxygens (including phenoxy) is 3. The molecule has 0 aliphatic carbocycles. The highest BCUT2D eigenvalue weighted by Gasteiger charge is 2.01. The summed E-state index contributed by atoms with van der Waals surface area (Å²) in [5.74, 6) is -0.372. The zero-order valence-corrected chi connectivity index (χ0v) is 10.8. The summed E-state index contributed by atoms with van der Waals surface area (Å²) in [6, 6.07) is 0. The third kappa shape index (κ3) is 13.1. The monoisotopic (exact) mass is 259 g/mol. The number of hydrogen-bond donors (Lipinski definition) is 1. The number of carbonyl (C=O) groups is 2. The normalized spacial score (nSPS) is 10.3. The third-order valence-corrected chi connectivity index (χ3v) is 1.74. The van der Waals surface area contributed by atoms with Crippen molar-refractivity contribution in [3.8, 4) is 0 Å². The van der Waals surface area contributed by atoms with Gasteiger partial charge >= 0.3 is 0 Å². The standard InChI is InChI=1S/C12H21NO5/c1-3-5-16-7-8-17-6-4-13-12(15)10-18-9-11(2)14/h1H,3-10H2,2H3,(H,13,15). The SMILES string of the molecule is [CH]CCOCCOCCNC(=O)COCC(C)=O. The Morgan fingerprint density at radius 3 is 2.28 bits per heavy atom. The lowest BCUT2D eigenvalue weighted by Crippen LogP contribution is -2.31. The van der Waals surface area contributed by atoms with E-state index in [-0.39, 0.29) is 24.9 Å². The van der Waals surface area contributed by atoms with Crippen molar-refractivity contribution in [2.45, 2.75) is 13.3 Å². The predicted molar refractivity (Wildman–Crippen MR) is 65.1 cm³/mol. The van der Waals surface area contributed by atoms with Crippen LogP contribution in [0.4, 0.5) is 0 Å². The Labute approximate surface area is 108 Å². The summed E-state index contributed by atoms with van der Waals surface area (Å²) in [5.41, 5.74) is 0. The maximum atomic E-state index is 11.2. The highest BCUT2D eigenvalue weighted by molar-refractivity contribution is 5.79. The maximum absolute atomic E-state index is 11.2. The molecule has 2 radical (unpaired) electrons. The molecule has 18 heavy (non-hydrogen) atoms. The summed E-state index contributed by atoms with van der Waals surface area (Å²) in [4.78, 5) is 21.7. The Kier molecular flexibility index (Phi) is 11.8. The van der Waals surface area contributed by atoms with Gasteiger partial charge in [0.15, 0.2) is 5.78 Å². The predicted octanol–water partition coefficient (Wildman–Crippen LogP) is -0.157. The van der Waals surface area contributed by atoms with Gasteiger partial charge in [-0.2, -0.15) is 0 Å². The Hall–Kier alpha value is -0.980. The molecule has 6 nitrogen and oxygen atoms in total. The van der Waals surface area contributed by atoms with Crippen LogP contribution in [0.2, 0.25) is 0 Å². The van der Waals surface area contributed by atoms with Crippen LogP contribution in [-0.2, 0) is 23.8 Å². The highest BCUT2D eigenvalue weighted by Crippen LogP contribution is 1.82. The van der Waals surface area contributed by atoms with E-state index in [9.17, 15) is 9.59 Å². The van der Waals surface area contributed by atoms with Crippen molar-refractivity contribution in [3.05, 3.63) is 6.92 Å². The van der Waals surface area contributed by atoms with Gasteiger partial charge in [0.2, 0.25) is 5.91 Å². The van der Waals surface area contributed by atoms with Gasteiger partial charge in [-0.05, 0) is 20.3 Å². The van der Waals surface area contributed by atoms with Crippen LogP contribution in [0.3, 0.4) is 0 Å². The number of nitrogens with one attached hydrogen (secondary N) is 1. The van der Waals surface area contributed by atoms with Crippen molar-refractivity contribution in [1.82, 2.24) is 5.32 Å². The van der Waals surface area contributed by atoms with E-state index in [1.165, 1.54) is 6.92 Å². The Morgan fingerprint density at radius 2 is 1.67 bits per heavy atom. The van der Waals surface area contributed by atoms with Crippen LogP contribution in [0.5, 0.6) is 0 Å². The molecule has 0 aromatic rings. The second-order valence-electron chi connectivity index (χ2n) is 3.56. The van der Waals surface area contributed by atoms with Crippen LogP contribution >= 0.6 is 0 Å². The number of carbonyl (C=O) groups excluding carboxylic acids is 2. The van der Waals surface area contributed by atoms with E-state index in [2.05, 4.69) is 5.32 Å². The largest absolute Gasteiger partial charge is 0.379 e. The van der Waals surface area contributed by atoms with E-state index in [1.54, 1.807) is 0 Å². The van der Waals surface area contributed by atoms with Crippen molar-refractivity contribution in [2.24, 2.45) is 0 Å². The Morgan fingerprint density at radius 1 is 1.00 bits per heavy atom. The summed E-state index contributed by atoms with van der Waals surface area (Å²) in [6.45, 7) is 8.78. The minimum absolute atomic E-state index is 0.0393. The van der Waals surface area contributed by atoms with E-state index in [0.29, 0.717) is 39.4 Å². The van der Waals surface area contributed by atoms with Crippen LogP contribution in [0.25, 0.3) is 0 Å². The van der Waals surface area contributed by atoms with E-state index >= 15 is 0 Å². The lowest BCUT2D eigenvalue weighted by atomic mass is 10.5. The van der Waals surface area contributed by atoms with Gasteiger partial charge in [0.25, 0.3) is 0 Å². The highest BCUT2D eigenvalue weighted by atomic mass is 16.5. The summed E-state index contributed by atoms with van der Waals surface area (Å²) >= 11 is 0. The second kappa shape index (κ2) is 12.5. The molecule has 104 valence electrons. The summed E-state index contributed by atoms with van der Waals surface area (Å²) < 4.78 is 15.1. The van der Waals surface area contributed by atoms with Gasteiger partial charge in [-0.25, -0.2) is 0 Å². The average Bonchev–Trinajstić information content (AvgIpc) is 2.32. The smallest absolute Gasteiger partial charge is 0.246 e. The average molecular weight is 259 g/mol. The van der Waals surface area contributed by atoms with E-state index in [4.69, 9.17) is 21.1 Å². The van der Waals surface area contributed by atoms with E-state index in [0.717, 1.165) is 0 Å². The molecular weight excluding hydrogens is 238 g/mol. The molecule has 0 aromatic heterocycles. The zero-order chi connectivity index (χ0) is 13.6. The molecular formula is C12H21NO5. The van der Waals surface area contributed by atoms with Gasteiger partial charge in [0.1, 0.15) is 13.2 Å². The molecule has 0 aliphatic heterocycles. The molecule has 0 aliphatic rings. The van der Waals surface area contributed by atoms with Gasteiger partial charge in [-0.3, -0.25) is 9.59 Å². The minimum Gasteiger partial charge on any atom is -0.379 e. The van der Waals surface area contributed by atoms with Crippen molar-refractivity contribution < 1.29 is 23.8 Å². The molecule has 1 amide bonds. The fraction of sp³-hybridized carbons (Fsp3) is 0.750. The zero-order valence-electron chi connectivity index (χ0n) is 10.8. The van der Waals surface area contributed by atoms with E-state index < -0.39 is 0 Å². The molecule has 0 aromatic carbocycles. The fourth-order valence-electron chi connectivity index (χ4n) is 1.01. The van der Waals surface area contributed by atoms with Crippen molar-refractivity contribution >= 4 is 11.7 Å². The van der Waals surface area contributed by atoms with Crippen molar-refractivity contribution in [2.75, 3.05) is 46.2 Å². The molecule has 6 heteroatoms. The fourth-order valence-corrected chi connectivity index (χ4v) is 1.01. The first-order valence-corrected chi connectivity index (χ1v) is 5.86. The maximum Gasteiger partial charge on any atom is 0.246 e. The lowest BCUT2D eigenvalue weighted by molar-refractivity contribution is -0.129. The third-order valence-electron chi connectivity index (χ3n) is 1.74. The molecule has 1 N–H and O–H groups in total. The van der Waals surface area contributed by atoms with Gasteiger partial charge in [-0.1, -0.05) is 0 Å². The molecule has 0 heterocycles. The van der Waals surface area contributed by atoms with Crippen LogP contribution in [0.1, 0.15) is 13.3 Å². The molecule has 0 bridgehead atoms. The molecule has 0 rings (SSSR count). The Balaban J connectivity index is 3.17. The first-order chi connectivity index (χ1) is 8.66. The molecule has 0 spiro atoms. The minimum atomic E-state index is -0.265. The van der Waals surface area contributed by atoms with Gasteiger partial charge in [0, 0.05) is 13.2 Å². The topological polar surface area (TPSA) is 73.9 Å². The Bertz CT molecular complexity index is 233. The van der Waals surface area contributed by atoms with Crippen LogP contribution in [-0.4, -0.2) is 57.9 Å². The quantitative estimate of drug-likeness (QED) is 0.493. The molecule has 0 saturated carbocycles. The molecule has 0 unspecified atom stereocenters. The van der Waals surface area contributed by atoms with Gasteiger partial charge in [-0.15, -0.1) is 0 Å². The van der Waals surface area contributed by atoms with Crippen molar-refractivity contribution in [3.63, 3.8) is 0 Å². The number of amides is 1. The van der Waals surface area contributed by atoms with Gasteiger partial charge < -0.3 is 19.5 Å². The molecule has 0 saturated heterocycles. The molecule has 0 atom stereocenters. The number of ketones is 1. The van der Waals surface area contributed by atoms with Crippen LogP contribution in [0.15, 0.2) is 0 Å². The summed E-state index contributed by atoms with van der Waals surface area (Å²) in [5, 5.41) is 2.60. The van der Waals surface area contributed by atoms with Crippen molar-refractivity contribution in [1.29, 1.82) is 0 Å². The van der Waals surface area contributed by atoms with E-state index in [1.807, 2.05) is 0 Å². The summed E-state index contributed by atoms with van der Waals surface area (Å²) in [7, 11) is 0. The first kappa shape index (κ1) is 17.0. The number of Topliss-reactive ketones (excluding diaryl/α,β-unsaturated/α-hetero) is 1. The lowest BCUT2D eigenvalue weighted by Gasteiger charge is -2.07. The molecule has 0 fully saturated rings.